The maximum absolute atomic E-state index is 11.6. The zero-order valence-corrected chi connectivity index (χ0v) is 11.3. The summed E-state index contributed by atoms with van der Waals surface area (Å²) >= 11 is 0. The van der Waals surface area contributed by atoms with Gasteiger partial charge in [0.2, 0.25) is 0 Å². The molecule has 0 amide bonds. The maximum atomic E-state index is 11.6. The van der Waals surface area contributed by atoms with E-state index >= 15 is 0 Å². The highest BCUT2D eigenvalue weighted by Crippen LogP contribution is 2.30. The van der Waals surface area contributed by atoms with Gasteiger partial charge in [-0.25, -0.2) is 4.79 Å². The van der Waals surface area contributed by atoms with Gasteiger partial charge in [0, 0.05) is 13.5 Å². The molecule has 0 aromatic carbocycles. The van der Waals surface area contributed by atoms with Crippen LogP contribution in [0, 0.1) is 0 Å². The number of hydrogen-bond acceptors (Lipinski definition) is 6. The first-order valence-corrected chi connectivity index (χ1v) is 6.06. The van der Waals surface area contributed by atoms with Crippen LogP contribution >= 0.6 is 0 Å². The minimum absolute atomic E-state index is 0.0241. The van der Waals surface area contributed by atoms with Crippen molar-refractivity contribution in [1.82, 2.24) is 0 Å². The van der Waals surface area contributed by atoms with E-state index in [4.69, 9.17) is 14.2 Å². The van der Waals surface area contributed by atoms with Crippen LogP contribution in [0.3, 0.4) is 0 Å². The van der Waals surface area contributed by atoms with Crippen molar-refractivity contribution in [3.8, 4) is 0 Å². The Morgan fingerprint density at radius 3 is 2.56 bits per heavy atom. The van der Waals surface area contributed by atoms with E-state index in [0.29, 0.717) is 0 Å². The van der Waals surface area contributed by atoms with Crippen molar-refractivity contribution in [2.75, 3.05) is 13.7 Å². The fraction of sp³-hybridized carbons (Fsp3) is 0.917. The average Bonchev–Trinajstić information content (AvgIpc) is 2.32. The van der Waals surface area contributed by atoms with E-state index in [1.165, 1.54) is 7.11 Å². The molecule has 6 nitrogen and oxygen atoms in total. The summed E-state index contributed by atoms with van der Waals surface area (Å²) < 4.78 is 15.6. The Hall–Kier alpha value is -0.690. The van der Waals surface area contributed by atoms with Gasteiger partial charge in [-0.1, -0.05) is 0 Å². The van der Waals surface area contributed by atoms with Crippen molar-refractivity contribution < 1.29 is 29.2 Å². The van der Waals surface area contributed by atoms with Gasteiger partial charge < -0.3 is 24.4 Å². The molecule has 6 heteroatoms. The molecule has 1 rings (SSSR count). The number of esters is 1. The number of rotatable bonds is 4. The van der Waals surface area contributed by atoms with Gasteiger partial charge in [0.25, 0.3) is 0 Å². The summed E-state index contributed by atoms with van der Waals surface area (Å²) in [5, 5.41) is 19.7. The molecule has 2 N–H and O–H groups in total. The van der Waals surface area contributed by atoms with Crippen LogP contribution in [-0.2, 0) is 19.0 Å². The largest absolute Gasteiger partial charge is 0.464 e. The second-order valence-electron chi connectivity index (χ2n) is 4.90. The molecule has 1 aliphatic rings. The Morgan fingerprint density at radius 1 is 1.44 bits per heavy atom. The number of carbonyl (C=O) groups excluding carboxylic acids is 1. The molecule has 0 bridgehead atoms. The zero-order valence-electron chi connectivity index (χ0n) is 11.3. The van der Waals surface area contributed by atoms with E-state index in [1.54, 1.807) is 20.8 Å². The van der Waals surface area contributed by atoms with Crippen LogP contribution in [0.2, 0.25) is 0 Å². The second kappa shape index (κ2) is 5.97. The monoisotopic (exact) mass is 262 g/mol. The first-order valence-electron chi connectivity index (χ1n) is 6.06. The molecule has 1 fully saturated rings. The van der Waals surface area contributed by atoms with E-state index < -0.39 is 36.0 Å². The molecular weight excluding hydrogens is 240 g/mol. The number of carbonyl (C=O) groups is 1. The van der Waals surface area contributed by atoms with E-state index in [0.717, 1.165) is 0 Å². The topological polar surface area (TPSA) is 85.2 Å². The molecule has 0 aromatic rings. The lowest BCUT2D eigenvalue weighted by atomic mass is 9.88. The highest BCUT2D eigenvalue weighted by atomic mass is 16.6. The summed E-state index contributed by atoms with van der Waals surface area (Å²) in [6, 6.07) is 0. The van der Waals surface area contributed by atoms with Gasteiger partial charge in [0.1, 0.15) is 12.2 Å². The smallest absolute Gasteiger partial charge is 0.335 e. The van der Waals surface area contributed by atoms with Gasteiger partial charge in [-0.3, -0.25) is 0 Å². The minimum atomic E-state index is -1.09. The highest BCUT2D eigenvalue weighted by molar-refractivity contribution is 5.74. The molecule has 0 aliphatic carbocycles. The van der Waals surface area contributed by atoms with Gasteiger partial charge in [0.15, 0.2) is 6.10 Å². The number of aliphatic hydroxyl groups excluding tert-OH is 2. The quantitative estimate of drug-likeness (QED) is 0.686. The summed E-state index contributed by atoms with van der Waals surface area (Å²) in [5.41, 5.74) is -0.814. The van der Waals surface area contributed by atoms with Crippen LogP contribution in [0.15, 0.2) is 0 Å². The fourth-order valence-corrected chi connectivity index (χ4v) is 1.95. The van der Waals surface area contributed by atoms with E-state index in [-0.39, 0.29) is 13.0 Å². The second-order valence-corrected chi connectivity index (χ2v) is 4.90. The molecule has 1 saturated heterocycles. The molecule has 1 aliphatic heterocycles. The lowest BCUT2D eigenvalue weighted by molar-refractivity contribution is -0.233. The van der Waals surface area contributed by atoms with Gasteiger partial charge in [-0.15, -0.1) is 0 Å². The number of ether oxygens (including phenoxy) is 3. The van der Waals surface area contributed by atoms with Crippen LogP contribution in [0.4, 0.5) is 0 Å². The molecule has 0 spiro atoms. The molecular formula is C12H22O6. The molecule has 0 saturated carbocycles. The molecule has 1 unspecified atom stereocenters. The van der Waals surface area contributed by atoms with Gasteiger partial charge in [-0.05, 0) is 20.8 Å². The predicted octanol–water partition coefficient (Wildman–Crippen LogP) is -0.146. The predicted molar refractivity (Wildman–Crippen MR) is 63.0 cm³/mol. The SMILES string of the molecule is CCOC(=O)C1C[C@H](O)[C@H](O)[C@@H](C(C)(C)OC)O1. The number of hydrogen-bond donors (Lipinski definition) is 2. The summed E-state index contributed by atoms with van der Waals surface area (Å²) in [6.07, 6.45) is -3.77. The maximum Gasteiger partial charge on any atom is 0.335 e. The zero-order chi connectivity index (χ0) is 13.9. The van der Waals surface area contributed by atoms with Gasteiger partial charge >= 0.3 is 5.97 Å². The van der Waals surface area contributed by atoms with Crippen molar-refractivity contribution in [3.63, 3.8) is 0 Å². The molecule has 106 valence electrons. The fourth-order valence-electron chi connectivity index (χ4n) is 1.95. The summed E-state index contributed by atoms with van der Waals surface area (Å²) in [6.45, 7) is 5.39. The van der Waals surface area contributed by atoms with Crippen LogP contribution in [0.1, 0.15) is 27.2 Å². The molecule has 0 aromatic heterocycles. The van der Waals surface area contributed by atoms with E-state index in [2.05, 4.69) is 0 Å². The van der Waals surface area contributed by atoms with Gasteiger partial charge in [-0.2, -0.15) is 0 Å². The highest BCUT2D eigenvalue weighted by Gasteiger charge is 2.47. The van der Waals surface area contributed by atoms with Crippen LogP contribution in [-0.4, -0.2) is 59.9 Å². The Labute approximate surface area is 107 Å². The van der Waals surface area contributed by atoms with E-state index in [1.807, 2.05) is 0 Å². The van der Waals surface area contributed by atoms with Crippen LogP contribution in [0.5, 0.6) is 0 Å². The van der Waals surface area contributed by atoms with Crippen molar-refractivity contribution in [1.29, 1.82) is 0 Å². The van der Waals surface area contributed by atoms with Gasteiger partial charge in [0.05, 0.1) is 18.3 Å². The lowest BCUT2D eigenvalue weighted by Crippen LogP contribution is -2.59. The van der Waals surface area contributed by atoms with Crippen molar-refractivity contribution in [2.45, 2.75) is 57.2 Å². The molecule has 1 heterocycles. The first-order chi connectivity index (χ1) is 8.33. The Balaban J connectivity index is 2.81. The van der Waals surface area contributed by atoms with E-state index in [9.17, 15) is 15.0 Å². The molecule has 4 atom stereocenters. The number of aliphatic hydroxyl groups is 2. The third-order valence-corrected chi connectivity index (χ3v) is 3.23. The Kier molecular flexibility index (Phi) is 5.10. The van der Waals surface area contributed by atoms with Crippen molar-refractivity contribution >= 4 is 5.97 Å². The summed E-state index contributed by atoms with van der Waals surface area (Å²) in [5.74, 6) is -0.527. The number of methoxy groups -OCH3 is 1. The lowest BCUT2D eigenvalue weighted by Gasteiger charge is -2.43. The first kappa shape index (κ1) is 15.4. The van der Waals surface area contributed by atoms with Crippen LogP contribution in [0.25, 0.3) is 0 Å². The normalized spacial score (nSPS) is 33.2. The Bertz CT molecular complexity index is 290. The third kappa shape index (κ3) is 3.20. The average molecular weight is 262 g/mol. The standard InChI is InChI=1S/C12H22O6/c1-5-17-11(15)8-6-7(13)9(14)10(18-8)12(2,3)16-4/h7-10,13-14H,5-6H2,1-4H3/t7-,8?,9-,10-/m0/s1. The third-order valence-electron chi connectivity index (χ3n) is 3.23. The summed E-state index contributed by atoms with van der Waals surface area (Å²) in [4.78, 5) is 11.6. The van der Waals surface area contributed by atoms with Crippen molar-refractivity contribution in [3.05, 3.63) is 0 Å². The van der Waals surface area contributed by atoms with Crippen molar-refractivity contribution in [2.24, 2.45) is 0 Å². The molecule has 0 radical (unpaired) electrons. The molecule has 18 heavy (non-hydrogen) atoms. The Morgan fingerprint density at radius 2 is 2.06 bits per heavy atom. The minimum Gasteiger partial charge on any atom is -0.464 e. The van der Waals surface area contributed by atoms with Crippen LogP contribution < -0.4 is 0 Å². The summed E-state index contributed by atoms with van der Waals surface area (Å²) in [7, 11) is 1.48.